The summed E-state index contributed by atoms with van der Waals surface area (Å²) in [7, 11) is 0. The molecule has 5 heteroatoms. The third-order valence-corrected chi connectivity index (χ3v) is 1.87. The molecule has 0 rings (SSSR count). The molecule has 5 nitrogen and oxygen atoms in total. The molecule has 2 atom stereocenters. The fraction of sp³-hybridized carbons (Fsp3) is 0.800. The van der Waals surface area contributed by atoms with E-state index in [0.717, 1.165) is 0 Å². The van der Waals surface area contributed by atoms with Crippen molar-refractivity contribution in [3.05, 3.63) is 0 Å². The van der Waals surface area contributed by atoms with Gasteiger partial charge in [0.05, 0.1) is 5.92 Å². The van der Waals surface area contributed by atoms with Gasteiger partial charge in [0, 0.05) is 0 Å². The van der Waals surface area contributed by atoms with Crippen LogP contribution in [-0.2, 0) is 14.3 Å². The average molecular weight is 217 g/mol. The topological polar surface area (TPSA) is 89.6 Å². The summed E-state index contributed by atoms with van der Waals surface area (Å²) in [5.41, 5.74) is 4.77. The van der Waals surface area contributed by atoms with Gasteiger partial charge < -0.3 is 15.6 Å². The zero-order valence-corrected chi connectivity index (χ0v) is 9.61. The monoisotopic (exact) mass is 217 g/mol. The summed E-state index contributed by atoms with van der Waals surface area (Å²) < 4.78 is 5.08. The molecule has 0 saturated heterocycles. The Morgan fingerprint density at radius 1 is 1.40 bits per heavy atom. The van der Waals surface area contributed by atoms with Crippen LogP contribution >= 0.6 is 0 Å². The third kappa shape index (κ3) is 4.78. The molecule has 0 unspecified atom stereocenters. The van der Waals surface area contributed by atoms with Crippen molar-refractivity contribution in [3.63, 3.8) is 0 Å². The molecule has 0 aliphatic rings. The minimum Gasteiger partial charge on any atom is -0.480 e. The fourth-order valence-electron chi connectivity index (χ4n) is 1.12. The first-order valence-corrected chi connectivity index (χ1v) is 4.90. The molecule has 0 aliphatic heterocycles. The van der Waals surface area contributed by atoms with E-state index in [9.17, 15) is 9.59 Å². The van der Waals surface area contributed by atoms with Crippen molar-refractivity contribution in [1.82, 2.24) is 0 Å². The molecule has 88 valence electrons. The lowest BCUT2D eigenvalue weighted by Crippen LogP contribution is -2.44. The van der Waals surface area contributed by atoms with Crippen LogP contribution in [0.1, 0.15) is 34.1 Å². The smallest absolute Gasteiger partial charge is 0.321 e. The highest BCUT2D eigenvalue weighted by molar-refractivity contribution is 5.83. The number of carbonyl (C=O) groups is 2. The second-order valence-electron chi connectivity index (χ2n) is 4.41. The van der Waals surface area contributed by atoms with Gasteiger partial charge in [0.2, 0.25) is 0 Å². The first-order valence-electron chi connectivity index (χ1n) is 4.90. The van der Waals surface area contributed by atoms with Gasteiger partial charge in [-0.05, 0) is 27.2 Å². The number of carboxylic acids is 1. The summed E-state index contributed by atoms with van der Waals surface area (Å²) in [5, 5.41) is 8.70. The van der Waals surface area contributed by atoms with Crippen molar-refractivity contribution in [3.8, 4) is 0 Å². The molecule has 0 bridgehead atoms. The number of carbonyl (C=O) groups excluding carboxylic acids is 1. The molecule has 0 aromatic carbocycles. The number of ether oxygens (including phenoxy) is 1. The van der Waals surface area contributed by atoms with E-state index in [4.69, 9.17) is 15.6 Å². The molecular formula is C10H19NO4. The first kappa shape index (κ1) is 13.9. The fourth-order valence-corrected chi connectivity index (χ4v) is 1.12. The largest absolute Gasteiger partial charge is 0.480 e. The summed E-state index contributed by atoms with van der Waals surface area (Å²) in [5.74, 6) is -2.53. The van der Waals surface area contributed by atoms with E-state index < -0.39 is 29.5 Å². The second-order valence-corrected chi connectivity index (χ2v) is 4.41. The van der Waals surface area contributed by atoms with Crippen molar-refractivity contribution >= 4 is 11.9 Å². The molecule has 0 amide bonds. The quantitative estimate of drug-likeness (QED) is 0.679. The van der Waals surface area contributed by atoms with E-state index in [1.807, 2.05) is 0 Å². The van der Waals surface area contributed by atoms with E-state index in [-0.39, 0.29) is 0 Å². The highest BCUT2D eigenvalue weighted by Gasteiger charge is 2.32. The molecule has 0 aromatic heterocycles. The number of hydrogen-bond donors (Lipinski definition) is 2. The molecule has 0 radical (unpaired) electrons. The number of rotatable bonds is 4. The molecule has 0 spiro atoms. The van der Waals surface area contributed by atoms with Gasteiger partial charge in [0.15, 0.2) is 0 Å². The minimum atomic E-state index is -1.20. The predicted octanol–water partition coefficient (Wildman–Crippen LogP) is 0.766. The summed E-state index contributed by atoms with van der Waals surface area (Å²) in [6, 6.07) is -1.20. The number of carboxylic acid groups (broad SMARTS) is 1. The molecule has 15 heavy (non-hydrogen) atoms. The number of esters is 1. The van der Waals surface area contributed by atoms with Crippen molar-refractivity contribution in [2.45, 2.75) is 45.8 Å². The summed E-state index contributed by atoms with van der Waals surface area (Å²) in [6.45, 7) is 6.88. The number of hydrogen-bond acceptors (Lipinski definition) is 4. The second kappa shape index (κ2) is 5.11. The Labute approximate surface area is 89.6 Å². The number of nitrogens with two attached hydrogens (primary N) is 1. The Hall–Kier alpha value is -1.10. The molecule has 0 aliphatic carbocycles. The third-order valence-electron chi connectivity index (χ3n) is 1.87. The standard InChI is InChI=1S/C10H19NO4/c1-5-6(7(11)8(12)13)9(14)15-10(2,3)4/h6-7H,5,11H2,1-4H3,(H,12,13)/t6-,7-/m1/s1. The van der Waals surface area contributed by atoms with Gasteiger partial charge in [0.1, 0.15) is 11.6 Å². The Balaban J connectivity index is 4.55. The van der Waals surface area contributed by atoms with Gasteiger partial charge in [-0.25, -0.2) is 0 Å². The van der Waals surface area contributed by atoms with Crippen LogP contribution in [-0.4, -0.2) is 28.7 Å². The molecule has 3 N–H and O–H groups in total. The lowest BCUT2D eigenvalue weighted by molar-refractivity contribution is -0.164. The molecular weight excluding hydrogens is 198 g/mol. The summed E-state index contributed by atoms with van der Waals surface area (Å²) in [6.07, 6.45) is 0.350. The van der Waals surface area contributed by atoms with Crippen LogP contribution in [0.25, 0.3) is 0 Å². The summed E-state index contributed by atoms with van der Waals surface area (Å²) in [4.78, 5) is 22.2. The molecule has 0 saturated carbocycles. The Morgan fingerprint density at radius 2 is 1.87 bits per heavy atom. The van der Waals surface area contributed by atoms with Crippen molar-refractivity contribution in [2.24, 2.45) is 11.7 Å². The maximum absolute atomic E-state index is 11.6. The predicted molar refractivity (Wildman–Crippen MR) is 55.2 cm³/mol. The lowest BCUT2D eigenvalue weighted by atomic mass is 9.97. The van der Waals surface area contributed by atoms with E-state index in [1.165, 1.54) is 0 Å². The Bertz CT molecular complexity index is 244. The maximum atomic E-state index is 11.6. The van der Waals surface area contributed by atoms with Gasteiger partial charge in [-0.1, -0.05) is 6.92 Å². The van der Waals surface area contributed by atoms with E-state index in [0.29, 0.717) is 6.42 Å². The molecule has 0 heterocycles. The normalized spacial score (nSPS) is 15.5. The minimum absolute atomic E-state index is 0.350. The Kier molecular flexibility index (Phi) is 4.74. The average Bonchev–Trinajstić information content (AvgIpc) is 2.01. The lowest BCUT2D eigenvalue weighted by Gasteiger charge is -2.24. The van der Waals surface area contributed by atoms with Gasteiger partial charge in [0.25, 0.3) is 0 Å². The molecule has 0 fully saturated rings. The van der Waals surface area contributed by atoms with Crippen LogP contribution in [0.2, 0.25) is 0 Å². The first-order chi connectivity index (χ1) is 6.69. The van der Waals surface area contributed by atoms with Crippen LogP contribution in [0.15, 0.2) is 0 Å². The summed E-state index contributed by atoms with van der Waals surface area (Å²) >= 11 is 0. The highest BCUT2D eigenvalue weighted by Crippen LogP contribution is 2.15. The maximum Gasteiger partial charge on any atom is 0.321 e. The SMILES string of the molecule is CC[C@@H](C(=O)OC(C)(C)C)[C@@H](N)C(=O)O. The highest BCUT2D eigenvalue weighted by atomic mass is 16.6. The zero-order valence-electron chi connectivity index (χ0n) is 9.61. The number of aliphatic carboxylic acids is 1. The van der Waals surface area contributed by atoms with Crippen LogP contribution in [0, 0.1) is 5.92 Å². The van der Waals surface area contributed by atoms with Crippen molar-refractivity contribution in [2.75, 3.05) is 0 Å². The van der Waals surface area contributed by atoms with E-state index in [2.05, 4.69) is 0 Å². The van der Waals surface area contributed by atoms with Crippen LogP contribution in [0.4, 0.5) is 0 Å². The van der Waals surface area contributed by atoms with Crippen LogP contribution < -0.4 is 5.73 Å². The van der Waals surface area contributed by atoms with Gasteiger partial charge in [-0.3, -0.25) is 9.59 Å². The van der Waals surface area contributed by atoms with Crippen molar-refractivity contribution in [1.29, 1.82) is 0 Å². The van der Waals surface area contributed by atoms with Crippen molar-refractivity contribution < 1.29 is 19.4 Å². The van der Waals surface area contributed by atoms with Crippen LogP contribution in [0.3, 0.4) is 0 Å². The Morgan fingerprint density at radius 3 is 2.13 bits per heavy atom. The molecule has 0 aromatic rings. The van der Waals surface area contributed by atoms with Gasteiger partial charge in [-0.15, -0.1) is 0 Å². The van der Waals surface area contributed by atoms with Gasteiger partial charge >= 0.3 is 11.9 Å². The van der Waals surface area contributed by atoms with Crippen LogP contribution in [0.5, 0.6) is 0 Å². The van der Waals surface area contributed by atoms with E-state index in [1.54, 1.807) is 27.7 Å². The zero-order chi connectivity index (χ0) is 12.2. The van der Waals surface area contributed by atoms with Gasteiger partial charge in [-0.2, -0.15) is 0 Å². The van der Waals surface area contributed by atoms with E-state index >= 15 is 0 Å².